The van der Waals surface area contributed by atoms with Crippen LogP contribution in [-0.2, 0) is 10.4 Å². The maximum atomic E-state index is 8.01. The first kappa shape index (κ1) is 23.1. The van der Waals surface area contributed by atoms with E-state index in [0.717, 1.165) is 55.2 Å². The average Bonchev–Trinajstić information content (AvgIpc) is 3.65. The molecule has 0 saturated carbocycles. The summed E-state index contributed by atoms with van der Waals surface area (Å²) in [6, 6.07) is 45.2. The number of pyridine rings is 1. The zero-order valence-electron chi connectivity index (χ0n) is 27.5. The highest BCUT2D eigenvalue weighted by Crippen LogP contribution is 2.43. The minimum Gasteiger partial charge on any atom is -0.294 e. The monoisotopic (exact) mass is 575 g/mol. The molecule has 8 rings (SSSR count). The summed E-state index contributed by atoms with van der Waals surface area (Å²) in [6.07, 6.45) is 1.88. The Kier molecular flexibility index (Phi) is 5.31. The van der Waals surface area contributed by atoms with Crippen LogP contribution in [0, 0.1) is 0 Å². The van der Waals surface area contributed by atoms with Crippen molar-refractivity contribution in [3.05, 3.63) is 151 Å². The number of fused-ring (bicyclic) bond motifs is 4. The van der Waals surface area contributed by atoms with Gasteiger partial charge in [0.25, 0.3) is 0 Å². The highest BCUT2D eigenvalue weighted by molar-refractivity contribution is 6.09. The summed E-state index contributed by atoms with van der Waals surface area (Å²) in [7, 11) is 0. The number of rotatable bonds is 5. The Morgan fingerprint density at radius 3 is 2.25 bits per heavy atom. The van der Waals surface area contributed by atoms with Crippen LogP contribution in [0.5, 0.6) is 0 Å². The lowest BCUT2D eigenvalue weighted by atomic mass is 9.77. The van der Waals surface area contributed by atoms with Gasteiger partial charge in [-0.05, 0) is 70.8 Å². The van der Waals surface area contributed by atoms with E-state index < -0.39 is 12.4 Å². The van der Waals surface area contributed by atoms with Gasteiger partial charge in [-0.1, -0.05) is 98.8 Å². The molecule has 2 aromatic heterocycles. The van der Waals surface area contributed by atoms with E-state index in [1.54, 1.807) is 11.1 Å². The Balaban J connectivity index is 1.23. The molecule has 0 atom stereocenters. The van der Waals surface area contributed by atoms with Crippen LogP contribution in [0.2, 0.25) is 0 Å². The standard InChI is InChI=1S/C39H32N4O/c1-39(2,29-14-11-15-31(25-29)43-36-19-10-9-18-35(36)41(3)44-43)30-20-21-33-32-16-7-8-17-34(32)42(37(33)26-30)38-24-28(22-23-40-38)27-12-5-4-6-13-27/h4-26H,1-3H3/i3D3. The van der Waals surface area contributed by atoms with E-state index in [1.807, 2.05) is 48.7 Å². The highest BCUT2D eigenvalue weighted by atomic mass is 16.8. The molecule has 0 spiro atoms. The van der Waals surface area contributed by atoms with Crippen molar-refractivity contribution in [1.82, 2.24) is 9.55 Å². The number of hydrogen-bond acceptors (Lipinski definition) is 4. The van der Waals surface area contributed by atoms with Crippen LogP contribution >= 0.6 is 0 Å². The van der Waals surface area contributed by atoms with Crippen molar-refractivity contribution in [3.63, 3.8) is 0 Å². The van der Waals surface area contributed by atoms with Gasteiger partial charge in [-0.25, -0.2) is 10.0 Å². The Labute approximate surface area is 261 Å². The van der Waals surface area contributed by atoms with Crippen LogP contribution in [0.25, 0.3) is 38.8 Å². The summed E-state index contributed by atoms with van der Waals surface area (Å²) in [5.41, 5.74) is 8.14. The minimum atomic E-state index is -2.45. The van der Waals surface area contributed by atoms with Crippen LogP contribution in [0.3, 0.4) is 0 Å². The smallest absolute Gasteiger partial charge is 0.138 e. The summed E-state index contributed by atoms with van der Waals surface area (Å²) in [6.45, 7) is 1.97. The van der Waals surface area contributed by atoms with Gasteiger partial charge in [0.15, 0.2) is 0 Å². The van der Waals surface area contributed by atoms with Crippen LogP contribution in [0.1, 0.15) is 29.1 Å². The molecule has 3 heterocycles. The maximum Gasteiger partial charge on any atom is 0.138 e. The highest BCUT2D eigenvalue weighted by Gasteiger charge is 2.29. The van der Waals surface area contributed by atoms with Crippen molar-refractivity contribution in [1.29, 1.82) is 0 Å². The van der Waals surface area contributed by atoms with Gasteiger partial charge in [-0.2, -0.15) is 5.06 Å². The summed E-state index contributed by atoms with van der Waals surface area (Å²) in [5.74, 6) is 0.859. The number of hydrogen-bond donors (Lipinski definition) is 0. The van der Waals surface area contributed by atoms with Crippen molar-refractivity contribution in [2.75, 3.05) is 17.1 Å². The van der Waals surface area contributed by atoms with Crippen molar-refractivity contribution < 1.29 is 9.05 Å². The van der Waals surface area contributed by atoms with Crippen LogP contribution in [-0.4, -0.2) is 16.5 Å². The quantitative estimate of drug-likeness (QED) is 0.205. The van der Waals surface area contributed by atoms with Crippen molar-refractivity contribution in [3.8, 4) is 16.9 Å². The van der Waals surface area contributed by atoms with E-state index in [-0.39, 0.29) is 0 Å². The molecule has 5 heteroatoms. The molecule has 5 aromatic carbocycles. The predicted octanol–water partition coefficient (Wildman–Crippen LogP) is 9.61. The Hall–Kier alpha value is -5.39. The van der Waals surface area contributed by atoms with Gasteiger partial charge in [0.2, 0.25) is 0 Å². The molecule has 0 aliphatic carbocycles. The van der Waals surface area contributed by atoms with Gasteiger partial charge >= 0.3 is 0 Å². The van der Waals surface area contributed by atoms with E-state index in [4.69, 9.17) is 14.0 Å². The summed E-state index contributed by atoms with van der Waals surface area (Å²) in [4.78, 5) is 10.8. The van der Waals surface area contributed by atoms with Crippen LogP contribution < -0.4 is 10.1 Å². The van der Waals surface area contributed by atoms with Gasteiger partial charge in [-0.15, -0.1) is 4.94 Å². The number of benzene rings is 5. The Morgan fingerprint density at radius 1 is 0.636 bits per heavy atom. The summed E-state index contributed by atoms with van der Waals surface area (Å²) >= 11 is 0. The Bertz CT molecular complexity index is 2280. The second-order valence-corrected chi connectivity index (χ2v) is 11.7. The molecule has 0 bridgehead atoms. The third-order valence-electron chi connectivity index (χ3n) is 8.76. The molecule has 0 amide bonds. The second-order valence-electron chi connectivity index (χ2n) is 11.7. The van der Waals surface area contributed by atoms with E-state index >= 15 is 0 Å². The zero-order chi connectivity index (χ0) is 32.3. The third kappa shape index (κ3) is 4.16. The minimum absolute atomic E-state index is 0.409. The number of para-hydroxylation sites is 3. The molecule has 44 heavy (non-hydrogen) atoms. The molecule has 0 N–H and O–H groups in total. The zero-order valence-corrected chi connectivity index (χ0v) is 24.5. The third-order valence-corrected chi connectivity index (χ3v) is 8.76. The van der Waals surface area contributed by atoms with Gasteiger partial charge in [0, 0.05) is 33.5 Å². The molecule has 214 valence electrons. The van der Waals surface area contributed by atoms with Gasteiger partial charge in [-0.3, -0.25) is 4.57 Å². The van der Waals surface area contributed by atoms with Gasteiger partial charge in [0.1, 0.15) is 5.82 Å². The number of hydroxylamine groups is 1. The summed E-state index contributed by atoms with van der Waals surface area (Å²) < 4.78 is 26.3. The molecule has 0 radical (unpaired) electrons. The largest absolute Gasteiger partial charge is 0.294 e. The molecule has 0 fully saturated rings. The molecule has 5 nitrogen and oxygen atoms in total. The second kappa shape index (κ2) is 10.1. The molecular formula is C39H32N4O. The fourth-order valence-electron chi connectivity index (χ4n) is 6.31. The van der Waals surface area contributed by atoms with Crippen molar-refractivity contribution in [2.45, 2.75) is 19.3 Å². The fourth-order valence-corrected chi connectivity index (χ4v) is 6.31. The first-order valence-electron chi connectivity index (χ1n) is 16.2. The van der Waals surface area contributed by atoms with E-state index in [2.05, 4.69) is 103 Å². The first-order chi connectivity index (χ1) is 22.7. The topological polar surface area (TPSA) is 33.5 Å². The molecule has 1 aliphatic rings. The average molecular weight is 576 g/mol. The van der Waals surface area contributed by atoms with E-state index in [1.165, 1.54) is 5.39 Å². The lowest BCUT2D eigenvalue weighted by molar-refractivity contribution is 0.142. The van der Waals surface area contributed by atoms with Crippen molar-refractivity contribution >= 4 is 38.9 Å². The normalized spacial score (nSPS) is 14.5. The first-order valence-corrected chi connectivity index (χ1v) is 14.7. The fraction of sp³-hybridized carbons (Fsp3) is 0.103. The molecule has 0 unspecified atom stereocenters. The lowest BCUT2D eigenvalue weighted by Gasteiger charge is -2.28. The number of anilines is 3. The van der Waals surface area contributed by atoms with Gasteiger partial charge < -0.3 is 0 Å². The molecule has 1 aliphatic heterocycles. The SMILES string of the molecule is [2H]C([2H])([2H])N1ON(c2cccc(C(C)(C)c3ccc4c5ccccc5n(-c5cc(-c6ccccc6)ccn5)c4c3)c2)c2ccccc21. The van der Waals surface area contributed by atoms with Crippen molar-refractivity contribution in [2.24, 2.45) is 0 Å². The molecule has 7 aromatic rings. The molecular weight excluding hydrogens is 540 g/mol. The van der Waals surface area contributed by atoms with Crippen LogP contribution in [0.4, 0.5) is 17.1 Å². The van der Waals surface area contributed by atoms with Gasteiger partial charge in [0.05, 0.1) is 28.1 Å². The lowest BCUT2D eigenvalue weighted by Crippen LogP contribution is -2.22. The van der Waals surface area contributed by atoms with E-state index in [0.29, 0.717) is 11.4 Å². The number of nitrogens with zero attached hydrogens (tertiary/aromatic N) is 4. The molecule has 0 saturated heterocycles. The predicted molar refractivity (Wildman–Crippen MR) is 181 cm³/mol. The number of aromatic nitrogens is 2. The van der Waals surface area contributed by atoms with E-state index in [9.17, 15) is 0 Å². The van der Waals surface area contributed by atoms with Crippen LogP contribution in [0.15, 0.2) is 140 Å². The summed E-state index contributed by atoms with van der Waals surface area (Å²) in [5, 5.41) is 4.92. The Morgan fingerprint density at radius 2 is 1.39 bits per heavy atom. The maximum absolute atomic E-state index is 8.01.